The van der Waals surface area contributed by atoms with Gasteiger partial charge >= 0.3 is 11.9 Å². The van der Waals surface area contributed by atoms with Gasteiger partial charge in [-0.1, -0.05) is 48.5 Å². The molecular weight excluding hydrogens is 340 g/mol. The summed E-state index contributed by atoms with van der Waals surface area (Å²) in [7, 11) is 0. The van der Waals surface area contributed by atoms with Gasteiger partial charge in [-0.15, -0.1) is 0 Å². The Hall–Kier alpha value is -3.14. The fourth-order valence-corrected chi connectivity index (χ4v) is 2.90. The van der Waals surface area contributed by atoms with Gasteiger partial charge in [0, 0.05) is 12.2 Å². The van der Waals surface area contributed by atoms with Crippen molar-refractivity contribution in [2.45, 2.75) is 33.1 Å². The molecule has 4 nitrogen and oxygen atoms in total. The summed E-state index contributed by atoms with van der Waals surface area (Å²) in [6.45, 7) is 3.58. The molecule has 0 radical (unpaired) electrons. The summed E-state index contributed by atoms with van der Waals surface area (Å²) in [6.07, 6.45) is 5.33. The molecule has 0 unspecified atom stereocenters. The predicted molar refractivity (Wildman–Crippen MR) is 107 cm³/mol. The van der Waals surface area contributed by atoms with E-state index < -0.39 is 11.9 Å². The fourth-order valence-electron chi connectivity index (χ4n) is 2.90. The van der Waals surface area contributed by atoms with Gasteiger partial charge in [-0.05, 0) is 66.5 Å². The van der Waals surface area contributed by atoms with Crippen LogP contribution < -0.4 is 0 Å². The van der Waals surface area contributed by atoms with E-state index in [1.807, 2.05) is 48.5 Å². The summed E-state index contributed by atoms with van der Waals surface area (Å²) in [5.74, 6) is -1.87. The summed E-state index contributed by atoms with van der Waals surface area (Å²) < 4.78 is 0. The van der Waals surface area contributed by atoms with Crippen LogP contribution in [0.2, 0.25) is 0 Å². The molecule has 0 amide bonds. The van der Waals surface area contributed by atoms with E-state index in [1.54, 1.807) is 13.8 Å². The van der Waals surface area contributed by atoms with Crippen LogP contribution in [0.4, 0.5) is 0 Å². The van der Waals surface area contributed by atoms with Crippen molar-refractivity contribution in [3.05, 3.63) is 82.9 Å². The van der Waals surface area contributed by atoms with Crippen molar-refractivity contribution in [2.24, 2.45) is 0 Å². The molecule has 0 aromatic heterocycles. The monoisotopic (exact) mass is 364 g/mol. The molecule has 2 rings (SSSR count). The maximum atomic E-state index is 10.7. The van der Waals surface area contributed by atoms with Crippen LogP contribution in [0.5, 0.6) is 0 Å². The SMILES string of the molecule is C/C(=C\C(=O)O)c1ccc(CCCc2ccc(/C(C)=C/C(=O)O)cc2)cc1. The van der Waals surface area contributed by atoms with Crippen LogP contribution in [0.3, 0.4) is 0 Å². The molecule has 0 heterocycles. The lowest BCUT2D eigenvalue weighted by Gasteiger charge is -2.06. The molecule has 0 atom stereocenters. The van der Waals surface area contributed by atoms with Gasteiger partial charge in [0.15, 0.2) is 0 Å². The largest absolute Gasteiger partial charge is 0.478 e. The lowest BCUT2D eigenvalue weighted by molar-refractivity contribution is -0.132. The standard InChI is InChI=1S/C23H24O4/c1-16(14-22(24)25)20-10-6-18(7-11-20)4-3-5-19-8-12-21(13-9-19)17(2)15-23(26)27/h6-15H,3-5H2,1-2H3,(H,24,25)(H,26,27)/b16-14+,17-15+. The minimum atomic E-state index is -0.934. The van der Waals surface area contributed by atoms with E-state index in [0.29, 0.717) is 0 Å². The molecule has 2 aromatic carbocycles. The Kier molecular flexibility index (Phi) is 7.12. The van der Waals surface area contributed by atoms with Crippen molar-refractivity contribution in [1.82, 2.24) is 0 Å². The zero-order valence-electron chi connectivity index (χ0n) is 15.6. The van der Waals surface area contributed by atoms with Crippen molar-refractivity contribution >= 4 is 23.1 Å². The highest BCUT2D eigenvalue weighted by Crippen LogP contribution is 2.18. The van der Waals surface area contributed by atoms with Crippen LogP contribution in [0.25, 0.3) is 11.1 Å². The van der Waals surface area contributed by atoms with Gasteiger partial charge in [-0.2, -0.15) is 0 Å². The molecule has 0 saturated heterocycles. The van der Waals surface area contributed by atoms with E-state index in [2.05, 4.69) is 0 Å². The van der Waals surface area contributed by atoms with E-state index in [1.165, 1.54) is 23.3 Å². The molecule has 2 N–H and O–H groups in total. The zero-order chi connectivity index (χ0) is 19.8. The number of hydrogen-bond acceptors (Lipinski definition) is 2. The van der Waals surface area contributed by atoms with Crippen molar-refractivity contribution in [1.29, 1.82) is 0 Å². The average molecular weight is 364 g/mol. The van der Waals surface area contributed by atoms with Crippen LogP contribution in [0.1, 0.15) is 42.5 Å². The Balaban J connectivity index is 1.89. The molecule has 0 bridgehead atoms. The zero-order valence-corrected chi connectivity index (χ0v) is 15.6. The van der Waals surface area contributed by atoms with Crippen LogP contribution in [0.15, 0.2) is 60.7 Å². The molecule has 0 aliphatic rings. The maximum absolute atomic E-state index is 10.7. The van der Waals surface area contributed by atoms with Gasteiger partial charge in [0.25, 0.3) is 0 Å². The Morgan fingerprint density at radius 3 is 1.33 bits per heavy atom. The number of hydrogen-bond donors (Lipinski definition) is 2. The molecule has 2 aromatic rings. The number of carboxylic acid groups (broad SMARTS) is 2. The Labute approximate surface area is 159 Å². The summed E-state index contributed by atoms with van der Waals surface area (Å²) in [4.78, 5) is 21.5. The molecular formula is C23H24O4. The molecule has 0 aliphatic heterocycles. The van der Waals surface area contributed by atoms with E-state index >= 15 is 0 Å². The number of allylic oxidation sites excluding steroid dienone is 2. The van der Waals surface area contributed by atoms with Crippen molar-refractivity contribution < 1.29 is 19.8 Å². The van der Waals surface area contributed by atoms with Gasteiger partial charge in [0.2, 0.25) is 0 Å². The summed E-state index contributed by atoms with van der Waals surface area (Å²) in [5, 5.41) is 17.6. The number of carboxylic acids is 2. The highest BCUT2D eigenvalue weighted by atomic mass is 16.4. The van der Waals surface area contributed by atoms with E-state index in [9.17, 15) is 9.59 Å². The lowest BCUT2D eigenvalue weighted by Crippen LogP contribution is -1.93. The summed E-state index contributed by atoms with van der Waals surface area (Å²) in [6, 6.07) is 16.0. The Morgan fingerprint density at radius 2 is 1.04 bits per heavy atom. The number of benzene rings is 2. The van der Waals surface area contributed by atoms with Crippen LogP contribution in [-0.4, -0.2) is 22.2 Å². The number of rotatable bonds is 8. The smallest absolute Gasteiger partial charge is 0.328 e. The van der Waals surface area contributed by atoms with Gasteiger partial charge in [0.05, 0.1) is 0 Å². The quantitative estimate of drug-likeness (QED) is 0.658. The first-order valence-electron chi connectivity index (χ1n) is 8.86. The van der Waals surface area contributed by atoms with Crippen LogP contribution >= 0.6 is 0 Å². The molecule has 27 heavy (non-hydrogen) atoms. The van der Waals surface area contributed by atoms with Crippen LogP contribution in [0, 0.1) is 0 Å². The topological polar surface area (TPSA) is 74.6 Å². The van der Waals surface area contributed by atoms with Crippen molar-refractivity contribution in [2.75, 3.05) is 0 Å². The Morgan fingerprint density at radius 1 is 0.704 bits per heavy atom. The Bertz CT molecular complexity index is 783. The van der Waals surface area contributed by atoms with Crippen molar-refractivity contribution in [3.63, 3.8) is 0 Å². The summed E-state index contributed by atoms with van der Waals surface area (Å²) in [5.41, 5.74) is 5.75. The maximum Gasteiger partial charge on any atom is 0.328 e. The van der Waals surface area contributed by atoms with Gasteiger partial charge < -0.3 is 10.2 Å². The highest BCUT2D eigenvalue weighted by Gasteiger charge is 2.02. The number of aliphatic carboxylic acids is 2. The molecule has 0 aliphatic carbocycles. The first kappa shape index (κ1) is 20.2. The second-order valence-corrected chi connectivity index (χ2v) is 6.58. The second-order valence-electron chi connectivity index (χ2n) is 6.58. The molecule has 0 fully saturated rings. The fraction of sp³-hybridized carbons (Fsp3) is 0.217. The molecule has 140 valence electrons. The third-order valence-corrected chi connectivity index (χ3v) is 4.43. The predicted octanol–water partition coefficient (Wildman–Crippen LogP) is 4.84. The normalized spacial score (nSPS) is 12.1. The van der Waals surface area contributed by atoms with Gasteiger partial charge in [0.1, 0.15) is 0 Å². The second kappa shape index (κ2) is 9.53. The lowest BCUT2D eigenvalue weighted by atomic mass is 9.99. The summed E-state index contributed by atoms with van der Waals surface area (Å²) >= 11 is 0. The third-order valence-electron chi connectivity index (χ3n) is 4.43. The van der Waals surface area contributed by atoms with E-state index in [4.69, 9.17) is 10.2 Å². The van der Waals surface area contributed by atoms with E-state index in [0.717, 1.165) is 41.5 Å². The van der Waals surface area contributed by atoms with E-state index in [-0.39, 0.29) is 0 Å². The first-order valence-corrected chi connectivity index (χ1v) is 8.86. The number of aryl methyl sites for hydroxylation is 2. The third kappa shape index (κ3) is 6.59. The average Bonchev–Trinajstić information content (AvgIpc) is 2.61. The van der Waals surface area contributed by atoms with Crippen LogP contribution in [-0.2, 0) is 22.4 Å². The highest BCUT2D eigenvalue weighted by molar-refractivity contribution is 5.90. The van der Waals surface area contributed by atoms with Crippen molar-refractivity contribution in [3.8, 4) is 0 Å². The minimum Gasteiger partial charge on any atom is -0.478 e. The minimum absolute atomic E-state index is 0.737. The van der Waals surface area contributed by atoms with Gasteiger partial charge in [-0.3, -0.25) is 0 Å². The molecule has 0 spiro atoms. The first-order chi connectivity index (χ1) is 12.8. The number of carbonyl (C=O) groups is 2. The molecule has 4 heteroatoms. The van der Waals surface area contributed by atoms with Gasteiger partial charge in [-0.25, -0.2) is 9.59 Å². The molecule has 0 saturated carbocycles.